The number of hydrogen-bond donors (Lipinski definition) is 2. The monoisotopic (exact) mass is 398 g/mol. The maximum atomic E-state index is 11.8. The van der Waals surface area contributed by atoms with Crippen LogP contribution < -0.4 is 10.6 Å². The minimum absolute atomic E-state index is 0.0636. The lowest BCUT2D eigenvalue weighted by Gasteiger charge is -2.07. The third-order valence-electron chi connectivity index (χ3n) is 2.76. The van der Waals surface area contributed by atoms with Gasteiger partial charge in [-0.05, 0) is 53.3 Å². The standard InChI is InChI=1S/C15H15IN2O3/c16-11-5-1-2-6-12(11)18-14(19)8-3-9-17-15(20)13-7-4-10-21-13/h1-2,4-7,10H,3,8-9H2,(H,17,20)(H,18,19). The van der Waals surface area contributed by atoms with E-state index < -0.39 is 0 Å². The van der Waals surface area contributed by atoms with Gasteiger partial charge in [-0.15, -0.1) is 0 Å². The molecule has 0 radical (unpaired) electrons. The first kappa shape index (κ1) is 15.6. The maximum Gasteiger partial charge on any atom is 0.286 e. The van der Waals surface area contributed by atoms with E-state index in [1.807, 2.05) is 24.3 Å². The molecule has 0 unspecified atom stereocenters. The van der Waals surface area contributed by atoms with E-state index in [4.69, 9.17) is 4.42 Å². The van der Waals surface area contributed by atoms with Gasteiger partial charge in [-0.3, -0.25) is 9.59 Å². The Morgan fingerprint density at radius 3 is 2.67 bits per heavy atom. The quantitative estimate of drug-likeness (QED) is 0.581. The van der Waals surface area contributed by atoms with E-state index in [1.54, 1.807) is 12.1 Å². The number of nitrogens with one attached hydrogen (secondary N) is 2. The Morgan fingerprint density at radius 1 is 1.14 bits per heavy atom. The first-order valence-corrected chi connectivity index (χ1v) is 7.61. The van der Waals surface area contributed by atoms with Gasteiger partial charge >= 0.3 is 0 Å². The topological polar surface area (TPSA) is 71.3 Å². The molecule has 1 aromatic carbocycles. The lowest BCUT2D eigenvalue weighted by atomic mass is 10.2. The molecule has 0 aliphatic carbocycles. The number of carbonyl (C=O) groups excluding carboxylic acids is 2. The van der Waals surface area contributed by atoms with Gasteiger partial charge in [0, 0.05) is 16.5 Å². The van der Waals surface area contributed by atoms with Crippen molar-refractivity contribution in [3.05, 3.63) is 52.0 Å². The SMILES string of the molecule is O=C(CCCNC(=O)c1ccco1)Nc1ccccc1I. The number of carbonyl (C=O) groups is 2. The molecule has 0 spiro atoms. The van der Waals surface area contributed by atoms with Crippen LogP contribution >= 0.6 is 22.6 Å². The molecule has 5 nitrogen and oxygen atoms in total. The summed E-state index contributed by atoms with van der Waals surface area (Å²) in [5.74, 6) is -0.0531. The molecule has 0 saturated carbocycles. The van der Waals surface area contributed by atoms with Crippen molar-refractivity contribution in [1.29, 1.82) is 0 Å². The van der Waals surface area contributed by atoms with Crippen molar-refractivity contribution in [3.63, 3.8) is 0 Å². The fraction of sp³-hybridized carbons (Fsp3) is 0.200. The highest BCUT2D eigenvalue weighted by Crippen LogP contribution is 2.17. The Labute approximate surface area is 136 Å². The van der Waals surface area contributed by atoms with E-state index in [0.29, 0.717) is 19.4 Å². The number of furan rings is 1. The third-order valence-corrected chi connectivity index (χ3v) is 3.70. The summed E-state index contributed by atoms with van der Waals surface area (Å²) in [4.78, 5) is 23.4. The van der Waals surface area contributed by atoms with Crippen LogP contribution in [0.5, 0.6) is 0 Å². The van der Waals surface area contributed by atoms with Gasteiger partial charge in [-0.1, -0.05) is 12.1 Å². The molecule has 0 bridgehead atoms. The second-order valence-corrected chi connectivity index (χ2v) is 5.53. The van der Waals surface area contributed by atoms with Crippen LogP contribution in [0.1, 0.15) is 23.4 Å². The van der Waals surface area contributed by atoms with E-state index in [-0.39, 0.29) is 17.6 Å². The third kappa shape index (κ3) is 4.89. The van der Waals surface area contributed by atoms with E-state index in [9.17, 15) is 9.59 Å². The van der Waals surface area contributed by atoms with E-state index in [1.165, 1.54) is 6.26 Å². The van der Waals surface area contributed by atoms with Crippen LogP contribution in [-0.4, -0.2) is 18.4 Å². The molecule has 1 aromatic heterocycles. The molecule has 2 amide bonds. The lowest BCUT2D eigenvalue weighted by molar-refractivity contribution is -0.116. The Hall–Kier alpha value is -1.83. The van der Waals surface area contributed by atoms with Gasteiger partial charge in [0.2, 0.25) is 5.91 Å². The van der Waals surface area contributed by atoms with Crippen molar-refractivity contribution in [2.24, 2.45) is 0 Å². The molecule has 2 rings (SSSR count). The molecule has 0 saturated heterocycles. The molecule has 110 valence electrons. The largest absolute Gasteiger partial charge is 0.459 e. The van der Waals surface area contributed by atoms with Gasteiger partial charge in [-0.2, -0.15) is 0 Å². The molecule has 21 heavy (non-hydrogen) atoms. The predicted molar refractivity (Wildman–Crippen MR) is 88.1 cm³/mol. The van der Waals surface area contributed by atoms with Crippen molar-refractivity contribution < 1.29 is 14.0 Å². The maximum absolute atomic E-state index is 11.8. The van der Waals surface area contributed by atoms with Gasteiger partial charge in [0.15, 0.2) is 5.76 Å². The molecule has 2 N–H and O–H groups in total. The highest BCUT2D eigenvalue weighted by Gasteiger charge is 2.08. The van der Waals surface area contributed by atoms with Crippen LogP contribution in [0.4, 0.5) is 5.69 Å². The molecular weight excluding hydrogens is 383 g/mol. The summed E-state index contributed by atoms with van der Waals surface area (Å²) in [6.07, 6.45) is 2.37. The van der Waals surface area contributed by atoms with Crippen LogP contribution in [0.15, 0.2) is 47.1 Å². The Balaban J connectivity index is 1.68. The fourth-order valence-corrected chi connectivity index (χ4v) is 2.24. The van der Waals surface area contributed by atoms with Crippen molar-refractivity contribution in [1.82, 2.24) is 5.32 Å². The summed E-state index contributed by atoms with van der Waals surface area (Å²) < 4.78 is 5.97. The minimum Gasteiger partial charge on any atom is -0.459 e. The molecule has 0 aliphatic rings. The molecule has 2 aromatic rings. The molecule has 6 heteroatoms. The van der Waals surface area contributed by atoms with Crippen molar-refractivity contribution in [3.8, 4) is 0 Å². The summed E-state index contributed by atoms with van der Waals surface area (Å²) in [5, 5.41) is 5.55. The van der Waals surface area contributed by atoms with Gasteiger partial charge in [0.25, 0.3) is 5.91 Å². The van der Waals surface area contributed by atoms with Crippen LogP contribution in [0.2, 0.25) is 0 Å². The van der Waals surface area contributed by atoms with Crippen molar-refractivity contribution in [2.75, 3.05) is 11.9 Å². The molecule has 0 atom stereocenters. The van der Waals surface area contributed by atoms with Crippen LogP contribution in [0.25, 0.3) is 0 Å². The van der Waals surface area contributed by atoms with Crippen molar-refractivity contribution in [2.45, 2.75) is 12.8 Å². The predicted octanol–water partition coefficient (Wildman–Crippen LogP) is 3.03. The second kappa shape index (κ2) is 7.82. The average Bonchev–Trinajstić information content (AvgIpc) is 3.00. The van der Waals surface area contributed by atoms with Gasteiger partial charge < -0.3 is 15.1 Å². The van der Waals surface area contributed by atoms with E-state index >= 15 is 0 Å². The van der Waals surface area contributed by atoms with Crippen LogP contribution in [0.3, 0.4) is 0 Å². The summed E-state index contributed by atoms with van der Waals surface area (Å²) in [5.41, 5.74) is 0.808. The highest BCUT2D eigenvalue weighted by atomic mass is 127. The summed E-state index contributed by atoms with van der Waals surface area (Å²) in [7, 11) is 0. The first-order chi connectivity index (χ1) is 10.2. The molecular formula is C15H15IN2O3. The van der Waals surface area contributed by atoms with Gasteiger partial charge in [0.1, 0.15) is 0 Å². The van der Waals surface area contributed by atoms with Crippen molar-refractivity contribution >= 4 is 40.1 Å². The minimum atomic E-state index is -0.266. The molecule has 0 fully saturated rings. The number of rotatable bonds is 6. The summed E-state index contributed by atoms with van der Waals surface area (Å²) in [6, 6.07) is 10.8. The van der Waals surface area contributed by atoms with Crippen LogP contribution in [-0.2, 0) is 4.79 Å². The first-order valence-electron chi connectivity index (χ1n) is 6.53. The molecule has 1 heterocycles. The Morgan fingerprint density at radius 2 is 1.95 bits per heavy atom. The fourth-order valence-electron chi connectivity index (χ4n) is 1.72. The zero-order valence-electron chi connectivity index (χ0n) is 11.3. The number of benzene rings is 1. The number of hydrogen-bond acceptors (Lipinski definition) is 3. The average molecular weight is 398 g/mol. The number of anilines is 1. The normalized spacial score (nSPS) is 10.1. The zero-order valence-corrected chi connectivity index (χ0v) is 13.4. The number of halogens is 1. The lowest BCUT2D eigenvalue weighted by Crippen LogP contribution is -2.25. The van der Waals surface area contributed by atoms with E-state index in [2.05, 4.69) is 33.2 Å². The van der Waals surface area contributed by atoms with Crippen LogP contribution in [0, 0.1) is 3.57 Å². The molecule has 0 aliphatic heterocycles. The highest BCUT2D eigenvalue weighted by molar-refractivity contribution is 14.1. The van der Waals surface area contributed by atoms with E-state index in [0.717, 1.165) is 9.26 Å². The Kier molecular flexibility index (Phi) is 5.79. The Bertz CT molecular complexity index is 611. The van der Waals surface area contributed by atoms with Gasteiger partial charge in [-0.25, -0.2) is 0 Å². The second-order valence-electron chi connectivity index (χ2n) is 4.36. The smallest absolute Gasteiger partial charge is 0.286 e. The summed E-state index contributed by atoms with van der Waals surface area (Å²) in [6.45, 7) is 0.429. The number of amides is 2. The number of para-hydroxylation sites is 1. The van der Waals surface area contributed by atoms with Gasteiger partial charge in [0.05, 0.1) is 12.0 Å². The summed E-state index contributed by atoms with van der Waals surface area (Å²) >= 11 is 2.17. The zero-order chi connectivity index (χ0) is 15.1.